The van der Waals surface area contributed by atoms with Crippen LogP contribution in [0.15, 0.2) is 41.5 Å². The summed E-state index contributed by atoms with van der Waals surface area (Å²) in [4.78, 5) is 43.7. The van der Waals surface area contributed by atoms with Gasteiger partial charge in [-0.25, -0.2) is 9.18 Å². The van der Waals surface area contributed by atoms with Crippen molar-refractivity contribution in [1.29, 1.82) is 0 Å². The number of carboxylic acid groups (broad SMARTS) is 1. The van der Waals surface area contributed by atoms with E-state index in [0.717, 1.165) is 29.1 Å². The first kappa shape index (κ1) is 22.2. The van der Waals surface area contributed by atoms with E-state index in [0.29, 0.717) is 23.1 Å². The number of pyridine rings is 3. The number of nitrogens with two attached hydrogens (primary N) is 1. The van der Waals surface area contributed by atoms with Crippen molar-refractivity contribution in [2.24, 2.45) is 17.6 Å². The van der Waals surface area contributed by atoms with Gasteiger partial charge in [-0.1, -0.05) is 6.07 Å². The van der Waals surface area contributed by atoms with E-state index in [1.54, 1.807) is 19.2 Å². The van der Waals surface area contributed by atoms with E-state index in [-0.39, 0.29) is 42.1 Å². The summed E-state index contributed by atoms with van der Waals surface area (Å²) in [5.41, 5.74) is 7.31. The van der Waals surface area contributed by atoms with Crippen molar-refractivity contribution in [3.05, 3.63) is 75.2 Å². The predicted molar refractivity (Wildman–Crippen MR) is 124 cm³/mol. The number of fused-ring (bicyclic) bond motifs is 1. The van der Waals surface area contributed by atoms with Crippen molar-refractivity contribution in [3.8, 4) is 0 Å². The minimum Gasteiger partial charge on any atom is -0.477 e. The molecule has 3 aromatic heterocycles. The third-order valence-electron chi connectivity index (χ3n) is 6.99. The van der Waals surface area contributed by atoms with Crippen LogP contribution >= 0.6 is 0 Å². The van der Waals surface area contributed by atoms with Crippen LogP contribution in [0.25, 0.3) is 5.52 Å². The number of carboxylic acids is 1. The third kappa shape index (κ3) is 3.56. The summed E-state index contributed by atoms with van der Waals surface area (Å²) in [6.45, 7) is 2.20. The fourth-order valence-corrected chi connectivity index (χ4v) is 5.12. The number of anilines is 1. The molecule has 8 nitrogen and oxygen atoms in total. The van der Waals surface area contributed by atoms with E-state index in [9.17, 15) is 19.5 Å². The first-order chi connectivity index (χ1) is 16.3. The van der Waals surface area contributed by atoms with Crippen LogP contribution in [0, 0.1) is 24.6 Å². The van der Waals surface area contributed by atoms with Crippen LogP contribution in [-0.4, -0.2) is 39.5 Å². The van der Waals surface area contributed by atoms with Crippen molar-refractivity contribution < 1.29 is 19.1 Å². The Morgan fingerprint density at radius 3 is 2.68 bits per heavy atom. The van der Waals surface area contributed by atoms with Gasteiger partial charge in [0.1, 0.15) is 5.56 Å². The van der Waals surface area contributed by atoms with Crippen LogP contribution in [-0.2, 0) is 11.2 Å². The van der Waals surface area contributed by atoms with Gasteiger partial charge in [-0.15, -0.1) is 0 Å². The highest BCUT2D eigenvalue weighted by Gasteiger charge is 2.42. The molecule has 1 aliphatic heterocycles. The summed E-state index contributed by atoms with van der Waals surface area (Å²) in [7, 11) is 0. The quantitative estimate of drug-likeness (QED) is 0.579. The van der Waals surface area contributed by atoms with Crippen LogP contribution in [0.3, 0.4) is 0 Å². The Labute approximate surface area is 194 Å². The number of hydrogen-bond acceptors (Lipinski definition) is 5. The lowest BCUT2D eigenvalue weighted by Crippen LogP contribution is -2.31. The lowest BCUT2D eigenvalue weighted by molar-refractivity contribution is -0.121. The van der Waals surface area contributed by atoms with Crippen molar-refractivity contribution in [2.45, 2.75) is 32.1 Å². The van der Waals surface area contributed by atoms with E-state index < -0.39 is 23.3 Å². The Morgan fingerprint density at radius 1 is 1.29 bits per heavy atom. The molecule has 0 radical (unpaired) electrons. The van der Waals surface area contributed by atoms with Gasteiger partial charge in [-0.2, -0.15) is 0 Å². The number of aromatic nitrogens is 2. The Morgan fingerprint density at radius 2 is 2.06 bits per heavy atom. The molecular formula is C25H25FN4O4. The molecule has 34 heavy (non-hydrogen) atoms. The van der Waals surface area contributed by atoms with Gasteiger partial charge >= 0.3 is 5.97 Å². The summed E-state index contributed by atoms with van der Waals surface area (Å²) in [5, 5.41) is 9.48. The summed E-state index contributed by atoms with van der Waals surface area (Å²) in [6, 6.07) is 6.91. The van der Waals surface area contributed by atoms with Gasteiger partial charge in [0.2, 0.25) is 5.91 Å². The van der Waals surface area contributed by atoms with Gasteiger partial charge in [-0.3, -0.25) is 19.0 Å². The zero-order valence-corrected chi connectivity index (χ0v) is 18.7. The first-order valence-electron chi connectivity index (χ1n) is 11.3. The van der Waals surface area contributed by atoms with E-state index in [4.69, 9.17) is 5.73 Å². The van der Waals surface area contributed by atoms with Gasteiger partial charge in [0.15, 0.2) is 5.82 Å². The van der Waals surface area contributed by atoms with Gasteiger partial charge in [0, 0.05) is 42.3 Å². The highest BCUT2D eigenvalue weighted by Crippen LogP contribution is 2.44. The predicted octanol–water partition coefficient (Wildman–Crippen LogP) is 2.50. The topological polar surface area (TPSA) is 118 Å². The number of carbonyl (C=O) groups is 2. The maximum absolute atomic E-state index is 15.5. The highest BCUT2D eigenvalue weighted by atomic mass is 19.1. The molecule has 2 atom stereocenters. The van der Waals surface area contributed by atoms with Crippen LogP contribution in [0.5, 0.6) is 0 Å². The SMILES string of the molecule is Cc1c(N2CC(CN)C(Cc3ccccn3)C2=O)c(F)cn2c(=O)c(C(=O)O)cc(C3CC3)c12. The van der Waals surface area contributed by atoms with Crippen molar-refractivity contribution in [3.63, 3.8) is 0 Å². The number of hydrogen-bond donors (Lipinski definition) is 2. The molecule has 2 fully saturated rings. The zero-order chi connectivity index (χ0) is 24.1. The number of amides is 1. The number of aryl methyl sites for hydroxylation is 1. The maximum Gasteiger partial charge on any atom is 0.341 e. The van der Waals surface area contributed by atoms with Gasteiger partial charge in [-0.05, 0) is 56.0 Å². The standard InChI is InChI=1S/C25H25FN4O4/c1-13-21-17(14-5-6-14)9-19(25(33)34)24(32)30(21)12-20(26)22(13)29-11-15(10-27)18(23(29)31)8-16-4-2-3-7-28-16/h2-4,7,9,12,14-15,18H,5-6,8,10-11,27H2,1H3,(H,33,34). The van der Waals surface area contributed by atoms with Crippen LogP contribution in [0.1, 0.15) is 45.9 Å². The number of halogens is 1. The molecule has 1 saturated heterocycles. The molecule has 9 heteroatoms. The Bertz CT molecular complexity index is 1370. The molecule has 3 aromatic rings. The monoisotopic (exact) mass is 464 g/mol. The second-order valence-electron chi connectivity index (χ2n) is 9.14. The molecule has 1 aliphatic carbocycles. The van der Waals surface area contributed by atoms with Crippen molar-refractivity contribution >= 4 is 23.1 Å². The maximum atomic E-state index is 15.5. The Balaban J connectivity index is 1.63. The average Bonchev–Trinajstić information content (AvgIpc) is 3.61. The van der Waals surface area contributed by atoms with E-state index in [1.807, 2.05) is 12.1 Å². The lowest BCUT2D eigenvalue weighted by Gasteiger charge is -2.23. The molecule has 0 bridgehead atoms. The number of carbonyl (C=O) groups excluding carboxylic acids is 1. The van der Waals surface area contributed by atoms with Crippen LogP contribution < -0.4 is 16.2 Å². The minimum atomic E-state index is -1.35. The zero-order valence-electron chi connectivity index (χ0n) is 18.7. The molecule has 1 amide bonds. The second kappa shape index (κ2) is 8.32. The molecule has 2 unspecified atom stereocenters. The third-order valence-corrected chi connectivity index (χ3v) is 6.99. The van der Waals surface area contributed by atoms with E-state index in [1.165, 1.54) is 11.0 Å². The Hall–Kier alpha value is -3.59. The molecule has 0 spiro atoms. The minimum absolute atomic E-state index is 0.105. The van der Waals surface area contributed by atoms with Gasteiger partial charge in [0.05, 0.1) is 17.4 Å². The molecule has 0 aromatic carbocycles. The van der Waals surface area contributed by atoms with Crippen LogP contribution in [0.2, 0.25) is 0 Å². The molecule has 3 N–H and O–H groups in total. The van der Waals surface area contributed by atoms with Gasteiger partial charge < -0.3 is 15.7 Å². The number of aromatic carboxylic acids is 1. The van der Waals surface area contributed by atoms with E-state index in [2.05, 4.69) is 4.98 Å². The highest BCUT2D eigenvalue weighted by molar-refractivity contribution is 5.99. The molecule has 4 heterocycles. The largest absolute Gasteiger partial charge is 0.477 e. The van der Waals surface area contributed by atoms with Gasteiger partial charge in [0.25, 0.3) is 5.56 Å². The Kier molecular flexibility index (Phi) is 5.44. The van der Waals surface area contributed by atoms with Crippen molar-refractivity contribution in [1.82, 2.24) is 9.38 Å². The fraction of sp³-hybridized carbons (Fsp3) is 0.360. The lowest BCUT2D eigenvalue weighted by atomic mass is 9.91. The smallest absolute Gasteiger partial charge is 0.341 e. The molecule has 1 saturated carbocycles. The molecule has 5 rings (SSSR count). The summed E-state index contributed by atoms with van der Waals surface area (Å²) in [6.07, 6.45) is 4.81. The molecular weight excluding hydrogens is 439 g/mol. The number of rotatable bonds is 6. The molecule has 2 aliphatic rings. The van der Waals surface area contributed by atoms with Crippen LogP contribution in [0.4, 0.5) is 10.1 Å². The fourth-order valence-electron chi connectivity index (χ4n) is 5.12. The summed E-state index contributed by atoms with van der Waals surface area (Å²) in [5.74, 6) is -2.84. The van der Waals surface area contributed by atoms with Crippen molar-refractivity contribution in [2.75, 3.05) is 18.0 Å². The first-order valence-corrected chi connectivity index (χ1v) is 11.3. The summed E-state index contributed by atoms with van der Waals surface area (Å²) >= 11 is 0. The summed E-state index contributed by atoms with van der Waals surface area (Å²) < 4.78 is 16.6. The normalized spacial score (nSPS) is 20.3. The molecule has 176 valence electrons. The average molecular weight is 464 g/mol. The van der Waals surface area contributed by atoms with E-state index >= 15 is 4.39 Å². The second-order valence-corrected chi connectivity index (χ2v) is 9.14. The number of nitrogens with zero attached hydrogens (tertiary/aromatic N) is 3.